The second-order valence-electron chi connectivity index (χ2n) is 5.29. The summed E-state index contributed by atoms with van der Waals surface area (Å²) in [4.78, 5) is 23.6. The van der Waals surface area contributed by atoms with Crippen LogP contribution in [0.15, 0.2) is 24.3 Å². The molecule has 0 bridgehead atoms. The molecule has 0 radical (unpaired) electrons. The van der Waals surface area contributed by atoms with Crippen molar-refractivity contribution in [3.05, 3.63) is 24.3 Å². The summed E-state index contributed by atoms with van der Waals surface area (Å²) >= 11 is 0. The molecule has 0 aromatic heterocycles. The lowest BCUT2D eigenvalue weighted by molar-refractivity contribution is -0.121. The van der Waals surface area contributed by atoms with Crippen LogP contribution >= 0.6 is 12.4 Å². The molecule has 1 atom stereocenters. The van der Waals surface area contributed by atoms with Crippen LogP contribution < -0.4 is 16.0 Å². The summed E-state index contributed by atoms with van der Waals surface area (Å²) in [5, 5.41) is 8.72. The summed E-state index contributed by atoms with van der Waals surface area (Å²) in [7, 11) is 0. The van der Waals surface area contributed by atoms with Gasteiger partial charge in [-0.05, 0) is 24.3 Å². The van der Waals surface area contributed by atoms with Crippen LogP contribution in [0.25, 0.3) is 0 Å². The van der Waals surface area contributed by atoms with Gasteiger partial charge < -0.3 is 20.7 Å². The van der Waals surface area contributed by atoms with Gasteiger partial charge in [-0.25, -0.2) is 0 Å². The lowest BCUT2D eigenvalue weighted by atomic mass is 10.2. The van der Waals surface area contributed by atoms with Gasteiger partial charge in [0, 0.05) is 23.8 Å². The zero-order valence-corrected chi connectivity index (χ0v) is 13.5. The van der Waals surface area contributed by atoms with Crippen LogP contribution in [0.1, 0.15) is 13.8 Å². The molecule has 3 N–H and O–H groups in total. The molecule has 1 aliphatic rings. The Balaban J connectivity index is 0.00000242. The molecule has 1 heterocycles. The average Bonchev–Trinajstić information content (AvgIpc) is 2.50. The number of morpholine rings is 1. The van der Waals surface area contributed by atoms with E-state index in [-0.39, 0.29) is 36.2 Å². The maximum atomic E-state index is 12.0. The number of carbonyl (C=O) groups is 2. The van der Waals surface area contributed by atoms with Crippen LogP contribution in [0.3, 0.4) is 0 Å². The first-order chi connectivity index (χ1) is 10.1. The van der Waals surface area contributed by atoms with Gasteiger partial charge in [-0.15, -0.1) is 12.4 Å². The fraction of sp³-hybridized carbons (Fsp3) is 0.467. The highest BCUT2D eigenvalue weighted by Gasteiger charge is 2.21. The van der Waals surface area contributed by atoms with Gasteiger partial charge in [-0.2, -0.15) is 0 Å². The molecule has 1 aromatic carbocycles. The van der Waals surface area contributed by atoms with Crippen molar-refractivity contribution in [1.82, 2.24) is 5.32 Å². The molecule has 0 spiro atoms. The molecule has 0 aliphatic carbocycles. The number of hydrogen-bond donors (Lipinski definition) is 3. The van der Waals surface area contributed by atoms with Crippen LogP contribution in [0.2, 0.25) is 0 Å². The minimum absolute atomic E-state index is 0. The molecule has 1 saturated heterocycles. The van der Waals surface area contributed by atoms with E-state index in [9.17, 15) is 9.59 Å². The minimum atomic E-state index is -0.320. The standard InChI is InChI=1S/C15H21N3O3.ClH/c1-10(2)14(19)17-11-3-5-12(6-4-11)18-15(20)13-9-21-8-7-16-13;/h3-6,10,13,16H,7-9H2,1-2H3,(H,17,19)(H,18,20);1H. The van der Waals surface area contributed by atoms with E-state index in [0.717, 1.165) is 0 Å². The maximum Gasteiger partial charge on any atom is 0.243 e. The van der Waals surface area contributed by atoms with Crippen LogP contribution in [-0.4, -0.2) is 37.6 Å². The fourth-order valence-corrected chi connectivity index (χ4v) is 1.89. The normalized spacial score (nSPS) is 17.5. The van der Waals surface area contributed by atoms with Gasteiger partial charge in [-0.1, -0.05) is 13.8 Å². The maximum absolute atomic E-state index is 12.0. The monoisotopic (exact) mass is 327 g/mol. The van der Waals surface area contributed by atoms with Gasteiger partial charge in [0.25, 0.3) is 0 Å². The summed E-state index contributed by atoms with van der Waals surface area (Å²) in [6.07, 6.45) is 0. The third kappa shape index (κ3) is 5.29. The van der Waals surface area contributed by atoms with E-state index in [1.165, 1.54) is 0 Å². The zero-order valence-electron chi connectivity index (χ0n) is 12.7. The highest BCUT2D eigenvalue weighted by Crippen LogP contribution is 2.15. The fourth-order valence-electron chi connectivity index (χ4n) is 1.89. The van der Waals surface area contributed by atoms with Gasteiger partial charge in [0.15, 0.2) is 0 Å². The summed E-state index contributed by atoms with van der Waals surface area (Å²) < 4.78 is 5.26. The molecule has 2 rings (SSSR count). The Kier molecular flexibility index (Phi) is 7.31. The Hall–Kier alpha value is -1.63. The molecular weight excluding hydrogens is 306 g/mol. The molecule has 2 amide bonds. The second-order valence-corrected chi connectivity index (χ2v) is 5.29. The first-order valence-electron chi connectivity index (χ1n) is 7.09. The molecule has 122 valence electrons. The number of hydrogen-bond acceptors (Lipinski definition) is 4. The Labute approximate surface area is 136 Å². The van der Waals surface area contributed by atoms with Crippen molar-refractivity contribution < 1.29 is 14.3 Å². The van der Waals surface area contributed by atoms with Crippen LogP contribution in [-0.2, 0) is 14.3 Å². The Bertz CT molecular complexity index is 499. The summed E-state index contributed by atoms with van der Waals surface area (Å²) in [5.41, 5.74) is 1.40. The smallest absolute Gasteiger partial charge is 0.243 e. The summed E-state index contributed by atoms with van der Waals surface area (Å²) in [6, 6.07) is 6.73. The first-order valence-corrected chi connectivity index (χ1v) is 7.09. The molecule has 6 nitrogen and oxygen atoms in total. The number of amides is 2. The zero-order chi connectivity index (χ0) is 15.2. The van der Waals surface area contributed by atoms with Gasteiger partial charge in [0.05, 0.1) is 13.2 Å². The van der Waals surface area contributed by atoms with E-state index < -0.39 is 0 Å². The van der Waals surface area contributed by atoms with Crippen molar-refractivity contribution in [2.75, 3.05) is 30.4 Å². The minimum Gasteiger partial charge on any atom is -0.378 e. The number of benzene rings is 1. The van der Waals surface area contributed by atoms with Crippen molar-refractivity contribution >= 4 is 35.6 Å². The number of nitrogens with one attached hydrogen (secondary N) is 3. The Morgan fingerprint density at radius 1 is 1.18 bits per heavy atom. The van der Waals surface area contributed by atoms with Gasteiger partial charge in [0.1, 0.15) is 6.04 Å². The SMILES string of the molecule is CC(C)C(=O)Nc1ccc(NC(=O)C2COCCN2)cc1.Cl. The molecule has 1 unspecified atom stereocenters. The van der Waals surface area contributed by atoms with Gasteiger partial charge in [-0.3, -0.25) is 9.59 Å². The van der Waals surface area contributed by atoms with Gasteiger partial charge in [0.2, 0.25) is 11.8 Å². The van der Waals surface area contributed by atoms with Crippen molar-refractivity contribution in [3.8, 4) is 0 Å². The Morgan fingerprint density at radius 2 is 1.77 bits per heavy atom. The molecular formula is C15H22ClN3O3. The molecule has 1 fully saturated rings. The van der Waals surface area contributed by atoms with Crippen molar-refractivity contribution in [2.24, 2.45) is 5.92 Å². The third-order valence-electron chi connectivity index (χ3n) is 3.18. The van der Waals surface area contributed by atoms with E-state index in [0.29, 0.717) is 31.1 Å². The highest BCUT2D eigenvalue weighted by atomic mass is 35.5. The summed E-state index contributed by atoms with van der Waals surface area (Å²) in [6.45, 7) is 5.37. The van der Waals surface area contributed by atoms with E-state index in [4.69, 9.17) is 4.74 Å². The largest absolute Gasteiger partial charge is 0.378 e. The van der Waals surface area contributed by atoms with Gasteiger partial charge >= 0.3 is 0 Å². The number of ether oxygens (including phenoxy) is 1. The number of rotatable bonds is 4. The van der Waals surface area contributed by atoms with Crippen molar-refractivity contribution in [1.29, 1.82) is 0 Å². The van der Waals surface area contributed by atoms with E-state index in [2.05, 4.69) is 16.0 Å². The molecule has 0 saturated carbocycles. The Morgan fingerprint density at radius 3 is 2.27 bits per heavy atom. The predicted molar refractivity (Wildman–Crippen MR) is 88.4 cm³/mol. The topological polar surface area (TPSA) is 79.5 Å². The molecule has 1 aliphatic heterocycles. The van der Waals surface area contributed by atoms with Crippen LogP contribution in [0.5, 0.6) is 0 Å². The van der Waals surface area contributed by atoms with Crippen molar-refractivity contribution in [3.63, 3.8) is 0 Å². The molecule has 7 heteroatoms. The van der Waals surface area contributed by atoms with Crippen LogP contribution in [0.4, 0.5) is 11.4 Å². The average molecular weight is 328 g/mol. The quantitative estimate of drug-likeness (QED) is 0.785. The first kappa shape index (κ1) is 18.4. The predicted octanol–water partition coefficient (Wildman–Crippen LogP) is 1.63. The lowest BCUT2D eigenvalue weighted by Crippen LogP contribution is -2.48. The number of halogens is 1. The molecule has 1 aromatic rings. The van der Waals surface area contributed by atoms with Crippen molar-refractivity contribution in [2.45, 2.75) is 19.9 Å². The third-order valence-corrected chi connectivity index (χ3v) is 3.18. The second kappa shape index (κ2) is 8.73. The molecule has 22 heavy (non-hydrogen) atoms. The highest BCUT2D eigenvalue weighted by molar-refractivity contribution is 5.96. The van der Waals surface area contributed by atoms with Crippen LogP contribution in [0, 0.1) is 5.92 Å². The lowest BCUT2D eigenvalue weighted by Gasteiger charge is -2.22. The van der Waals surface area contributed by atoms with E-state index in [1.54, 1.807) is 24.3 Å². The van der Waals surface area contributed by atoms with E-state index in [1.807, 2.05) is 13.8 Å². The number of anilines is 2. The van der Waals surface area contributed by atoms with E-state index >= 15 is 0 Å². The number of carbonyl (C=O) groups excluding carboxylic acids is 2. The summed E-state index contributed by atoms with van der Waals surface area (Å²) in [5.74, 6) is -0.217.